The maximum absolute atomic E-state index is 5.26. The number of aromatic nitrogens is 1. The summed E-state index contributed by atoms with van der Waals surface area (Å²) in [5.74, 6) is 1.69. The number of nitrogens with one attached hydrogen (secondary N) is 1. The Kier molecular flexibility index (Phi) is 6.53. The molecule has 1 aliphatic rings. The van der Waals surface area contributed by atoms with Crippen molar-refractivity contribution in [2.45, 2.75) is 25.8 Å². The summed E-state index contributed by atoms with van der Waals surface area (Å²) in [5, 5.41) is 1.35. The highest BCUT2D eigenvalue weighted by Crippen LogP contribution is 2.22. The number of hydrogen-bond donors (Lipinski definition) is 1. The van der Waals surface area contributed by atoms with Crippen molar-refractivity contribution >= 4 is 10.9 Å². The molecule has 0 amide bonds. The minimum Gasteiger partial charge on any atom is -0.497 e. The van der Waals surface area contributed by atoms with E-state index in [1.165, 1.54) is 54.5 Å². The maximum atomic E-state index is 5.26. The molecule has 1 aliphatic heterocycles. The van der Waals surface area contributed by atoms with Crippen LogP contribution < -0.4 is 4.74 Å². The number of aromatic amines is 1. The number of H-pyrrole nitrogens is 1. The topological polar surface area (TPSA) is 31.5 Å². The molecule has 0 aliphatic carbocycles. The number of ether oxygens (including phenoxy) is 1. The quantitative estimate of drug-likeness (QED) is 0.611. The zero-order valence-corrected chi connectivity index (χ0v) is 17.7. The van der Waals surface area contributed by atoms with Crippen molar-refractivity contribution in [2.75, 3.05) is 40.3 Å². The van der Waals surface area contributed by atoms with E-state index in [-0.39, 0.29) is 0 Å². The van der Waals surface area contributed by atoms with Crippen LogP contribution >= 0.6 is 0 Å². The third kappa shape index (κ3) is 5.20. The molecule has 0 radical (unpaired) electrons. The largest absolute Gasteiger partial charge is 0.497 e. The molecule has 0 bridgehead atoms. The molecule has 3 aromatic rings. The second kappa shape index (κ2) is 9.47. The zero-order chi connectivity index (χ0) is 20.1. The van der Waals surface area contributed by atoms with Crippen molar-refractivity contribution < 1.29 is 4.74 Å². The number of benzene rings is 2. The fourth-order valence-corrected chi connectivity index (χ4v) is 4.64. The second-order valence-electron chi connectivity index (χ2n) is 8.46. The number of likely N-dealkylation sites (tertiary alicyclic amines) is 1. The van der Waals surface area contributed by atoms with Gasteiger partial charge in [0.2, 0.25) is 0 Å². The lowest BCUT2D eigenvalue weighted by molar-refractivity contribution is 0.142. The summed E-state index contributed by atoms with van der Waals surface area (Å²) in [6.07, 6.45) is 5.94. The van der Waals surface area contributed by atoms with E-state index in [1.54, 1.807) is 7.11 Å². The minimum absolute atomic E-state index is 0.759. The van der Waals surface area contributed by atoms with Crippen molar-refractivity contribution in [3.63, 3.8) is 0 Å². The summed E-state index contributed by atoms with van der Waals surface area (Å²) < 4.78 is 5.26. The average Bonchev–Trinajstić information content (AvgIpc) is 3.15. The SMILES string of the molecule is COc1ccc(CCN2CCC[C@H](CN(C)Cc3c[nH]c4ccccc34)C2)cc1. The predicted octanol–water partition coefficient (Wildman–Crippen LogP) is 4.56. The third-order valence-corrected chi connectivity index (χ3v) is 6.16. The van der Waals surface area contributed by atoms with Gasteiger partial charge in [0.15, 0.2) is 0 Å². The van der Waals surface area contributed by atoms with Crippen LogP contribution in [0.1, 0.15) is 24.0 Å². The molecule has 0 saturated carbocycles. The predicted molar refractivity (Wildman–Crippen MR) is 120 cm³/mol. The molecular formula is C25H33N3O. The van der Waals surface area contributed by atoms with Crippen LogP contribution in [-0.4, -0.2) is 55.1 Å². The molecule has 2 heterocycles. The van der Waals surface area contributed by atoms with Gasteiger partial charge in [-0.3, -0.25) is 0 Å². The Balaban J connectivity index is 1.26. The Morgan fingerprint density at radius 3 is 2.79 bits per heavy atom. The van der Waals surface area contributed by atoms with Gasteiger partial charge in [-0.2, -0.15) is 0 Å². The number of para-hydroxylation sites is 1. The lowest BCUT2D eigenvalue weighted by Gasteiger charge is -2.34. The number of methoxy groups -OCH3 is 1. The van der Waals surface area contributed by atoms with Crippen molar-refractivity contribution in [1.82, 2.24) is 14.8 Å². The summed E-state index contributed by atoms with van der Waals surface area (Å²) in [6, 6.07) is 17.1. The van der Waals surface area contributed by atoms with Crippen LogP contribution in [0.15, 0.2) is 54.7 Å². The van der Waals surface area contributed by atoms with Crippen LogP contribution in [0, 0.1) is 5.92 Å². The molecule has 1 N–H and O–H groups in total. The van der Waals surface area contributed by atoms with Crippen LogP contribution in [0.25, 0.3) is 10.9 Å². The first kappa shape index (κ1) is 20.0. The third-order valence-electron chi connectivity index (χ3n) is 6.16. The lowest BCUT2D eigenvalue weighted by Crippen LogP contribution is -2.40. The fraction of sp³-hybridized carbons (Fsp3) is 0.440. The first-order chi connectivity index (χ1) is 14.2. The van der Waals surface area contributed by atoms with Gasteiger partial charge in [0.25, 0.3) is 0 Å². The van der Waals surface area contributed by atoms with Crippen LogP contribution in [0.2, 0.25) is 0 Å². The molecule has 1 saturated heterocycles. The van der Waals surface area contributed by atoms with E-state index < -0.39 is 0 Å². The van der Waals surface area contributed by atoms with Crippen molar-refractivity contribution in [2.24, 2.45) is 5.92 Å². The highest BCUT2D eigenvalue weighted by molar-refractivity contribution is 5.82. The molecule has 1 atom stereocenters. The second-order valence-corrected chi connectivity index (χ2v) is 8.46. The van der Waals surface area contributed by atoms with Gasteiger partial charge in [0.05, 0.1) is 7.11 Å². The maximum Gasteiger partial charge on any atom is 0.118 e. The molecule has 1 fully saturated rings. The summed E-state index contributed by atoms with van der Waals surface area (Å²) in [4.78, 5) is 8.54. The zero-order valence-electron chi connectivity index (χ0n) is 17.7. The molecular weight excluding hydrogens is 358 g/mol. The van der Waals surface area contributed by atoms with Crippen LogP contribution in [-0.2, 0) is 13.0 Å². The van der Waals surface area contributed by atoms with Crippen molar-refractivity contribution in [3.8, 4) is 5.75 Å². The monoisotopic (exact) mass is 391 g/mol. The van der Waals surface area contributed by atoms with E-state index in [0.29, 0.717) is 0 Å². The van der Waals surface area contributed by atoms with Gasteiger partial charge >= 0.3 is 0 Å². The number of fused-ring (bicyclic) bond motifs is 1. The average molecular weight is 392 g/mol. The number of rotatable bonds is 8. The van der Waals surface area contributed by atoms with Crippen molar-refractivity contribution in [3.05, 3.63) is 65.9 Å². The molecule has 4 rings (SSSR count). The molecule has 4 heteroatoms. The Morgan fingerprint density at radius 2 is 1.97 bits per heavy atom. The van der Waals surface area contributed by atoms with Gasteiger partial charge in [0.1, 0.15) is 5.75 Å². The molecule has 29 heavy (non-hydrogen) atoms. The Morgan fingerprint density at radius 1 is 1.14 bits per heavy atom. The minimum atomic E-state index is 0.759. The van der Waals surface area contributed by atoms with Crippen LogP contribution in [0.4, 0.5) is 0 Å². The summed E-state index contributed by atoms with van der Waals surface area (Å²) in [6.45, 7) is 5.77. The highest BCUT2D eigenvalue weighted by atomic mass is 16.5. The van der Waals surface area contributed by atoms with Crippen LogP contribution in [0.3, 0.4) is 0 Å². The van der Waals surface area contributed by atoms with Crippen LogP contribution in [0.5, 0.6) is 5.75 Å². The smallest absolute Gasteiger partial charge is 0.118 e. The summed E-state index contributed by atoms with van der Waals surface area (Å²) >= 11 is 0. The summed E-state index contributed by atoms with van der Waals surface area (Å²) in [7, 11) is 3.98. The molecule has 0 unspecified atom stereocenters. The normalized spacial score (nSPS) is 17.8. The molecule has 4 nitrogen and oxygen atoms in total. The summed E-state index contributed by atoms with van der Waals surface area (Å²) in [5.41, 5.74) is 4.03. The van der Waals surface area contributed by atoms with E-state index in [2.05, 4.69) is 76.6 Å². The number of piperidine rings is 1. The molecule has 2 aromatic carbocycles. The van der Waals surface area contributed by atoms with Gasteiger partial charge in [-0.1, -0.05) is 30.3 Å². The van der Waals surface area contributed by atoms with Gasteiger partial charge in [-0.05, 0) is 68.1 Å². The highest BCUT2D eigenvalue weighted by Gasteiger charge is 2.21. The Bertz CT molecular complexity index is 902. The van der Waals surface area contributed by atoms with Gasteiger partial charge in [-0.15, -0.1) is 0 Å². The molecule has 1 aromatic heterocycles. The van der Waals surface area contributed by atoms with E-state index >= 15 is 0 Å². The van der Waals surface area contributed by atoms with E-state index in [9.17, 15) is 0 Å². The van der Waals surface area contributed by atoms with E-state index in [1.807, 2.05) is 0 Å². The van der Waals surface area contributed by atoms with Gasteiger partial charge in [0, 0.05) is 43.3 Å². The number of hydrogen-bond acceptors (Lipinski definition) is 3. The first-order valence-electron chi connectivity index (χ1n) is 10.8. The fourth-order valence-electron chi connectivity index (χ4n) is 4.64. The van der Waals surface area contributed by atoms with Crippen molar-refractivity contribution in [1.29, 1.82) is 0 Å². The molecule has 154 valence electrons. The Labute approximate surface area is 174 Å². The van der Waals surface area contributed by atoms with E-state index in [0.717, 1.165) is 31.2 Å². The first-order valence-corrected chi connectivity index (χ1v) is 10.8. The lowest BCUT2D eigenvalue weighted by atomic mass is 9.97. The molecule has 0 spiro atoms. The van der Waals surface area contributed by atoms with E-state index in [4.69, 9.17) is 4.74 Å². The van der Waals surface area contributed by atoms with Gasteiger partial charge in [-0.25, -0.2) is 0 Å². The Hall–Kier alpha value is -2.30. The number of nitrogens with zero attached hydrogens (tertiary/aromatic N) is 2. The van der Waals surface area contributed by atoms with Gasteiger partial charge < -0.3 is 19.5 Å². The standard InChI is InChI=1S/C25H33N3O/c1-27(19-22-16-26-25-8-4-3-7-24(22)25)17-21-6-5-14-28(18-21)15-13-20-9-11-23(29-2)12-10-20/h3-4,7-12,16,21,26H,5-6,13-15,17-19H2,1-2H3/t21-/m1/s1.